The van der Waals surface area contributed by atoms with E-state index in [4.69, 9.17) is 15.0 Å². The third-order valence-electron chi connectivity index (χ3n) is 7.00. The maximum Gasteiger partial charge on any atom is 0.230 e. The fourth-order valence-electron chi connectivity index (χ4n) is 4.82. The molecule has 13 heteroatoms. The van der Waals surface area contributed by atoms with Gasteiger partial charge in [-0.1, -0.05) is 13.8 Å². The Kier molecular flexibility index (Phi) is 8.53. The zero-order chi connectivity index (χ0) is 25.8. The van der Waals surface area contributed by atoms with Crippen molar-refractivity contribution in [1.82, 2.24) is 28.8 Å². The fourth-order valence-corrected chi connectivity index (χ4v) is 6.68. The maximum absolute atomic E-state index is 13.4. The van der Waals surface area contributed by atoms with Crippen LogP contribution in [0.2, 0.25) is 0 Å². The van der Waals surface area contributed by atoms with Crippen molar-refractivity contribution in [2.75, 3.05) is 37.5 Å². The Morgan fingerprint density at radius 3 is 2.50 bits per heavy atom. The average Bonchev–Trinajstić information content (AvgIpc) is 3.33. The topological polar surface area (TPSA) is 153 Å². The molecule has 1 unspecified atom stereocenters. The lowest BCUT2D eigenvalue weighted by molar-refractivity contribution is 0.129. The lowest BCUT2D eigenvalue weighted by Crippen LogP contribution is -2.62. The normalized spacial score (nSPS) is 24.1. The molecular formula is C23H35N9O3S. The number of nitrogens with zero attached hydrogens (tertiary/aromatic N) is 7. The summed E-state index contributed by atoms with van der Waals surface area (Å²) in [5.74, 6) is 1.99. The van der Waals surface area contributed by atoms with Crippen molar-refractivity contribution >= 4 is 29.1 Å². The highest BCUT2D eigenvalue weighted by atomic mass is 32.2. The van der Waals surface area contributed by atoms with Crippen molar-refractivity contribution < 1.29 is 14.4 Å². The van der Waals surface area contributed by atoms with Gasteiger partial charge in [0, 0.05) is 25.2 Å². The van der Waals surface area contributed by atoms with E-state index in [1.807, 2.05) is 11.4 Å². The van der Waals surface area contributed by atoms with Gasteiger partial charge in [0.1, 0.15) is 17.4 Å². The zero-order valence-corrected chi connectivity index (χ0v) is 22.0. The minimum absolute atomic E-state index is 0.0255. The molecule has 0 saturated carbocycles. The quantitative estimate of drug-likeness (QED) is 0.396. The molecule has 0 bridgehead atoms. The summed E-state index contributed by atoms with van der Waals surface area (Å²) in [7, 11) is 3.55. The first-order valence-corrected chi connectivity index (χ1v) is 13.4. The molecule has 0 amide bonds. The van der Waals surface area contributed by atoms with E-state index in [1.165, 1.54) is 0 Å². The molecule has 0 aliphatic carbocycles. The molecule has 0 aromatic carbocycles. The summed E-state index contributed by atoms with van der Waals surface area (Å²) in [5.41, 5.74) is 0.595. The number of anilines is 3. The molecule has 0 radical (unpaired) electrons. The van der Waals surface area contributed by atoms with Crippen LogP contribution in [0.4, 0.5) is 17.6 Å². The van der Waals surface area contributed by atoms with Gasteiger partial charge in [-0.15, -0.1) is 8.61 Å². The molecule has 4 heterocycles. The standard InChI is InChI=1S/C23H35N9O3S/c1-5-17-8-19(9-18(6-2)32(17)36(34)31-12-15(11-24)13-31)30(3)23-26-20(10-22(27-23)35-4)25-21-7-16(14-33)28-29-21/h7,10,15,17-19,33H,5-6,8-9,12-14H2,1-4H3,(H2,25,26,27,28,29)/t17-,18+,19-,36?. The van der Waals surface area contributed by atoms with Crippen molar-refractivity contribution in [3.05, 3.63) is 17.8 Å². The van der Waals surface area contributed by atoms with E-state index in [0.29, 0.717) is 42.2 Å². The van der Waals surface area contributed by atoms with Crippen LogP contribution < -0.4 is 15.0 Å². The minimum Gasteiger partial charge on any atom is -0.578 e. The number of aliphatic hydroxyl groups is 1. The Labute approximate surface area is 215 Å². The Balaban J connectivity index is 1.51. The van der Waals surface area contributed by atoms with Gasteiger partial charge in [0.2, 0.25) is 11.8 Å². The van der Waals surface area contributed by atoms with E-state index >= 15 is 0 Å². The maximum atomic E-state index is 13.4. The van der Waals surface area contributed by atoms with Gasteiger partial charge in [-0.3, -0.25) is 5.10 Å². The Hall–Kier alpha value is -2.63. The van der Waals surface area contributed by atoms with E-state index in [1.54, 1.807) is 19.2 Å². The third kappa shape index (κ3) is 5.52. The Morgan fingerprint density at radius 1 is 1.25 bits per heavy atom. The van der Waals surface area contributed by atoms with Crippen LogP contribution in [0.15, 0.2) is 12.1 Å². The van der Waals surface area contributed by atoms with Gasteiger partial charge in [0.25, 0.3) is 0 Å². The van der Waals surface area contributed by atoms with Crippen LogP contribution in [0.1, 0.15) is 45.2 Å². The number of hydrogen-bond acceptors (Lipinski definition) is 11. The number of aliphatic hydroxyl groups excluding tert-OH is 1. The van der Waals surface area contributed by atoms with Crippen LogP contribution in [-0.4, -0.2) is 83.8 Å². The first-order chi connectivity index (χ1) is 17.4. The Bertz CT molecular complexity index is 1040. The second-order valence-corrected chi connectivity index (χ2v) is 10.7. The molecule has 36 heavy (non-hydrogen) atoms. The van der Waals surface area contributed by atoms with E-state index in [-0.39, 0.29) is 30.7 Å². The smallest absolute Gasteiger partial charge is 0.230 e. The number of rotatable bonds is 10. The molecule has 196 valence electrons. The van der Waals surface area contributed by atoms with Crippen LogP contribution in [0.25, 0.3) is 0 Å². The predicted molar refractivity (Wildman–Crippen MR) is 137 cm³/mol. The molecule has 4 atom stereocenters. The monoisotopic (exact) mass is 517 g/mol. The number of ether oxygens (including phenoxy) is 1. The zero-order valence-electron chi connectivity index (χ0n) is 21.2. The summed E-state index contributed by atoms with van der Waals surface area (Å²) in [6.45, 7) is 5.27. The predicted octanol–water partition coefficient (Wildman–Crippen LogP) is 1.94. The summed E-state index contributed by atoms with van der Waals surface area (Å²) >= 11 is -1.24. The lowest BCUT2D eigenvalue weighted by Gasteiger charge is -2.48. The largest absolute Gasteiger partial charge is 0.578 e. The molecule has 0 spiro atoms. The molecule has 2 saturated heterocycles. The van der Waals surface area contributed by atoms with Crippen molar-refractivity contribution in [2.45, 2.75) is 64.3 Å². The van der Waals surface area contributed by atoms with Crippen LogP contribution >= 0.6 is 0 Å². The number of hydrogen-bond donors (Lipinski definition) is 3. The van der Waals surface area contributed by atoms with Crippen LogP contribution in [-0.2, 0) is 18.2 Å². The molecule has 4 rings (SSSR count). The summed E-state index contributed by atoms with van der Waals surface area (Å²) < 4.78 is 22.9. The summed E-state index contributed by atoms with van der Waals surface area (Å²) in [6.07, 6.45) is 3.40. The van der Waals surface area contributed by atoms with E-state index in [2.05, 4.69) is 49.6 Å². The molecule has 2 aliphatic heterocycles. The van der Waals surface area contributed by atoms with Gasteiger partial charge in [0.15, 0.2) is 5.82 Å². The summed E-state index contributed by atoms with van der Waals surface area (Å²) in [6, 6.07) is 6.11. The van der Waals surface area contributed by atoms with Crippen LogP contribution in [0, 0.1) is 17.2 Å². The van der Waals surface area contributed by atoms with Crippen molar-refractivity contribution in [1.29, 1.82) is 5.26 Å². The second kappa shape index (κ2) is 11.6. The van der Waals surface area contributed by atoms with Crippen molar-refractivity contribution in [3.8, 4) is 11.9 Å². The third-order valence-corrected chi connectivity index (χ3v) is 8.70. The van der Waals surface area contributed by atoms with Gasteiger partial charge in [0.05, 0.1) is 56.6 Å². The first kappa shape index (κ1) is 26.4. The number of nitrogens with one attached hydrogen (secondary N) is 2. The molecule has 12 nitrogen and oxygen atoms in total. The molecule has 2 fully saturated rings. The molecule has 2 aliphatic rings. The average molecular weight is 518 g/mol. The van der Waals surface area contributed by atoms with Crippen molar-refractivity contribution in [2.24, 2.45) is 5.92 Å². The minimum atomic E-state index is -1.24. The van der Waals surface area contributed by atoms with Gasteiger partial charge in [-0.25, -0.2) is 0 Å². The number of piperidine rings is 1. The van der Waals surface area contributed by atoms with E-state index < -0.39 is 11.5 Å². The second-order valence-electron chi connectivity index (χ2n) is 9.28. The van der Waals surface area contributed by atoms with E-state index in [9.17, 15) is 9.66 Å². The fraction of sp³-hybridized carbons (Fsp3) is 0.652. The van der Waals surface area contributed by atoms with Crippen LogP contribution in [0.3, 0.4) is 0 Å². The van der Waals surface area contributed by atoms with Gasteiger partial charge >= 0.3 is 0 Å². The number of H-pyrrole nitrogens is 1. The highest BCUT2D eigenvalue weighted by Gasteiger charge is 2.48. The number of methoxy groups -OCH3 is 1. The SMILES string of the molecule is CC[C@@H]1C[C@@H](N(C)c2nc(Nc3cc(CO)[nH]n3)cc(OC)n2)C[C@H](CC)N1[S+]([O-])N1CC(C#N)C1. The van der Waals surface area contributed by atoms with Crippen molar-refractivity contribution in [3.63, 3.8) is 0 Å². The number of aromatic nitrogens is 4. The summed E-state index contributed by atoms with van der Waals surface area (Å²) in [4.78, 5) is 11.4. The summed E-state index contributed by atoms with van der Waals surface area (Å²) in [5, 5.41) is 28.4. The molecule has 2 aromatic rings. The van der Waals surface area contributed by atoms with Gasteiger partial charge in [-0.05, 0) is 25.7 Å². The molecule has 2 aromatic heterocycles. The van der Waals surface area contributed by atoms with Gasteiger partial charge < -0.3 is 24.6 Å². The molecular weight excluding hydrogens is 482 g/mol. The van der Waals surface area contributed by atoms with Gasteiger partial charge in [-0.2, -0.15) is 20.3 Å². The lowest BCUT2D eigenvalue weighted by atomic mass is 9.90. The van der Waals surface area contributed by atoms with E-state index in [0.717, 1.165) is 25.7 Å². The number of nitriles is 1. The highest BCUT2D eigenvalue weighted by Crippen LogP contribution is 2.36. The number of aromatic amines is 1. The Morgan fingerprint density at radius 2 is 1.94 bits per heavy atom. The first-order valence-electron chi connectivity index (χ1n) is 12.3. The molecule has 3 N–H and O–H groups in total. The van der Waals surface area contributed by atoms with Crippen LogP contribution in [0.5, 0.6) is 5.88 Å². The highest BCUT2D eigenvalue weighted by molar-refractivity contribution is 7.86.